The van der Waals surface area contributed by atoms with Crippen molar-refractivity contribution in [2.75, 3.05) is 20.2 Å². The second kappa shape index (κ2) is 7.95. The molecule has 6 nitrogen and oxygen atoms in total. The third kappa shape index (κ3) is 3.77. The van der Waals surface area contributed by atoms with Gasteiger partial charge in [-0.1, -0.05) is 23.2 Å². The molecule has 8 heteroatoms. The van der Waals surface area contributed by atoms with Crippen molar-refractivity contribution in [3.63, 3.8) is 0 Å². The Labute approximate surface area is 160 Å². The molecule has 0 aliphatic rings. The second-order valence-corrected chi connectivity index (χ2v) is 6.50. The van der Waals surface area contributed by atoms with Crippen LogP contribution in [0.2, 0.25) is 10.0 Å². The van der Waals surface area contributed by atoms with Crippen molar-refractivity contribution in [1.29, 1.82) is 0 Å². The quantitative estimate of drug-likeness (QED) is 0.558. The lowest BCUT2D eigenvalue weighted by Crippen LogP contribution is -2.25. The number of nitrogens with one attached hydrogen (secondary N) is 2. The summed E-state index contributed by atoms with van der Waals surface area (Å²) in [5, 5.41) is 3.71. The molecule has 3 aromatic rings. The number of ether oxygens (including phenoxy) is 1. The number of benzene rings is 2. The molecule has 3 rings (SSSR count). The molecule has 0 fully saturated rings. The standard InChI is InChI=1S/C18H18Cl2N4O2/c1-26-16-7-10(18(25)22-6-2-5-21)3-4-11(16)17-23-14-8-12(19)13(20)9-15(14)24-17/h3-4,7-9H,2,5-6,21H2,1H3,(H,22,25)(H,23,24). The molecule has 0 saturated heterocycles. The highest BCUT2D eigenvalue weighted by Gasteiger charge is 2.15. The maximum atomic E-state index is 12.2. The smallest absolute Gasteiger partial charge is 0.251 e. The largest absolute Gasteiger partial charge is 0.496 e. The Hall–Kier alpha value is -2.28. The number of amides is 1. The van der Waals surface area contributed by atoms with Crippen LogP contribution in [0.3, 0.4) is 0 Å². The van der Waals surface area contributed by atoms with Gasteiger partial charge in [0.2, 0.25) is 0 Å². The van der Waals surface area contributed by atoms with Gasteiger partial charge in [0.05, 0.1) is 33.8 Å². The number of nitrogens with two attached hydrogens (primary N) is 1. The minimum atomic E-state index is -0.175. The summed E-state index contributed by atoms with van der Waals surface area (Å²) in [4.78, 5) is 19.9. The van der Waals surface area contributed by atoms with Crippen molar-refractivity contribution >= 4 is 40.1 Å². The summed E-state index contributed by atoms with van der Waals surface area (Å²) >= 11 is 12.1. The fraction of sp³-hybridized carbons (Fsp3) is 0.222. The van der Waals surface area contributed by atoms with Gasteiger partial charge in [0.15, 0.2) is 0 Å². The predicted octanol–water partition coefficient (Wildman–Crippen LogP) is 3.62. The van der Waals surface area contributed by atoms with Gasteiger partial charge in [0, 0.05) is 12.1 Å². The first-order valence-corrected chi connectivity index (χ1v) is 8.80. The van der Waals surface area contributed by atoms with E-state index >= 15 is 0 Å². The molecule has 0 saturated carbocycles. The van der Waals surface area contributed by atoms with Crippen LogP contribution in [0.25, 0.3) is 22.4 Å². The van der Waals surface area contributed by atoms with E-state index in [1.807, 2.05) is 0 Å². The SMILES string of the molecule is COc1cc(C(=O)NCCCN)ccc1-c1nc2cc(Cl)c(Cl)cc2[nH]1. The summed E-state index contributed by atoms with van der Waals surface area (Å²) in [5.74, 6) is 0.962. The zero-order valence-electron chi connectivity index (χ0n) is 14.1. The van der Waals surface area contributed by atoms with Gasteiger partial charge in [-0.15, -0.1) is 0 Å². The summed E-state index contributed by atoms with van der Waals surface area (Å²) in [6.45, 7) is 1.06. The average Bonchev–Trinajstić information content (AvgIpc) is 3.04. The zero-order valence-corrected chi connectivity index (χ0v) is 15.6. The molecule has 0 bridgehead atoms. The van der Waals surface area contributed by atoms with Crippen LogP contribution >= 0.6 is 23.2 Å². The van der Waals surface area contributed by atoms with Crippen LogP contribution in [0.4, 0.5) is 0 Å². The van der Waals surface area contributed by atoms with Crippen LogP contribution < -0.4 is 15.8 Å². The van der Waals surface area contributed by atoms with Gasteiger partial charge in [-0.25, -0.2) is 4.98 Å². The molecule has 2 aromatic carbocycles. The third-order valence-corrected chi connectivity index (χ3v) is 4.63. The summed E-state index contributed by atoms with van der Waals surface area (Å²) in [6.07, 6.45) is 0.727. The van der Waals surface area contributed by atoms with Crippen LogP contribution in [-0.4, -0.2) is 36.1 Å². The Bertz CT molecular complexity index is 917. The molecule has 0 unspecified atom stereocenters. The normalized spacial score (nSPS) is 10.9. The zero-order chi connectivity index (χ0) is 18.7. The Morgan fingerprint density at radius 2 is 2.04 bits per heavy atom. The van der Waals surface area contributed by atoms with E-state index in [0.717, 1.165) is 17.5 Å². The topological polar surface area (TPSA) is 93.0 Å². The van der Waals surface area contributed by atoms with Crippen molar-refractivity contribution in [3.05, 3.63) is 45.9 Å². The number of H-pyrrole nitrogens is 1. The van der Waals surface area contributed by atoms with E-state index in [2.05, 4.69) is 15.3 Å². The molecular weight excluding hydrogens is 375 g/mol. The number of aromatic amines is 1. The minimum Gasteiger partial charge on any atom is -0.496 e. The first-order chi connectivity index (χ1) is 12.5. The Morgan fingerprint density at radius 3 is 2.77 bits per heavy atom. The van der Waals surface area contributed by atoms with Gasteiger partial charge in [0.25, 0.3) is 5.91 Å². The fourth-order valence-corrected chi connectivity index (χ4v) is 2.89. The number of imidazole rings is 1. The second-order valence-electron chi connectivity index (χ2n) is 5.68. The number of rotatable bonds is 6. The van der Waals surface area contributed by atoms with Gasteiger partial charge in [0.1, 0.15) is 11.6 Å². The number of methoxy groups -OCH3 is 1. The summed E-state index contributed by atoms with van der Waals surface area (Å²) in [7, 11) is 1.55. The van der Waals surface area contributed by atoms with Gasteiger partial charge in [-0.2, -0.15) is 0 Å². The highest BCUT2D eigenvalue weighted by Crippen LogP contribution is 2.33. The lowest BCUT2D eigenvalue weighted by Gasteiger charge is -2.09. The van der Waals surface area contributed by atoms with Gasteiger partial charge < -0.3 is 20.8 Å². The Morgan fingerprint density at radius 1 is 1.27 bits per heavy atom. The molecular formula is C18H18Cl2N4O2. The molecule has 1 heterocycles. The van der Waals surface area contributed by atoms with Crippen LogP contribution in [0.1, 0.15) is 16.8 Å². The molecule has 0 radical (unpaired) electrons. The first kappa shape index (κ1) is 18.5. The highest BCUT2D eigenvalue weighted by molar-refractivity contribution is 6.42. The van der Waals surface area contributed by atoms with Crippen molar-refractivity contribution < 1.29 is 9.53 Å². The maximum Gasteiger partial charge on any atom is 0.251 e. The van der Waals surface area contributed by atoms with E-state index in [-0.39, 0.29) is 5.91 Å². The van der Waals surface area contributed by atoms with Crippen molar-refractivity contribution in [3.8, 4) is 17.1 Å². The summed E-state index contributed by atoms with van der Waals surface area (Å²) < 4.78 is 5.45. The molecule has 1 amide bonds. The molecule has 1 aromatic heterocycles. The van der Waals surface area contributed by atoms with Crippen molar-refractivity contribution in [1.82, 2.24) is 15.3 Å². The number of nitrogens with zero attached hydrogens (tertiary/aromatic N) is 1. The summed E-state index contributed by atoms with van der Waals surface area (Å²) in [6, 6.07) is 8.62. The number of fused-ring (bicyclic) bond motifs is 1. The van der Waals surface area contributed by atoms with E-state index in [9.17, 15) is 4.79 Å². The minimum absolute atomic E-state index is 0.175. The lowest BCUT2D eigenvalue weighted by molar-refractivity contribution is 0.0953. The van der Waals surface area contributed by atoms with Crippen LogP contribution in [0, 0.1) is 0 Å². The predicted molar refractivity (Wildman–Crippen MR) is 104 cm³/mol. The number of aromatic nitrogens is 2. The number of carbonyl (C=O) groups is 1. The van der Waals surface area contributed by atoms with Gasteiger partial charge in [-0.3, -0.25) is 4.79 Å². The number of hydrogen-bond donors (Lipinski definition) is 3. The molecule has 26 heavy (non-hydrogen) atoms. The number of hydrogen-bond acceptors (Lipinski definition) is 4. The Kier molecular flexibility index (Phi) is 5.66. The maximum absolute atomic E-state index is 12.2. The van der Waals surface area contributed by atoms with Crippen LogP contribution in [0.5, 0.6) is 5.75 Å². The summed E-state index contributed by atoms with van der Waals surface area (Å²) in [5.41, 5.74) is 8.13. The number of halogens is 2. The first-order valence-electron chi connectivity index (χ1n) is 8.05. The lowest BCUT2D eigenvalue weighted by atomic mass is 10.1. The highest BCUT2D eigenvalue weighted by atomic mass is 35.5. The number of carbonyl (C=O) groups excluding carboxylic acids is 1. The molecule has 0 spiro atoms. The molecule has 0 atom stereocenters. The van der Waals surface area contributed by atoms with E-state index in [0.29, 0.717) is 45.8 Å². The molecule has 0 aliphatic carbocycles. The van der Waals surface area contributed by atoms with Crippen LogP contribution in [0.15, 0.2) is 30.3 Å². The van der Waals surface area contributed by atoms with E-state index < -0.39 is 0 Å². The van der Waals surface area contributed by atoms with E-state index in [4.69, 9.17) is 33.7 Å². The van der Waals surface area contributed by atoms with Crippen molar-refractivity contribution in [2.45, 2.75) is 6.42 Å². The van der Waals surface area contributed by atoms with Gasteiger partial charge >= 0.3 is 0 Å². The third-order valence-electron chi connectivity index (χ3n) is 3.91. The average molecular weight is 393 g/mol. The molecule has 4 N–H and O–H groups in total. The van der Waals surface area contributed by atoms with E-state index in [1.54, 1.807) is 37.4 Å². The van der Waals surface area contributed by atoms with Crippen LogP contribution in [-0.2, 0) is 0 Å². The Balaban J connectivity index is 1.94. The molecule has 0 aliphatic heterocycles. The van der Waals surface area contributed by atoms with Crippen molar-refractivity contribution in [2.24, 2.45) is 5.73 Å². The van der Waals surface area contributed by atoms with E-state index in [1.165, 1.54) is 0 Å². The fourth-order valence-electron chi connectivity index (χ4n) is 2.57. The van der Waals surface area contributed by atoms with Gasteiger partial charge in [-0.05, 0) is 43.3 Å². The monoisotopic (exact) mass is 392 g/mol. The molecule has 136 valence electrons.